The molecule has 0 spiro atoms. The molecule has 0 saturated carbocycles. The van der Waals surface area contributed by atoms with E-state index in [1.54, 1.807) is 6.07 Å². The molecular weight excluding hydrogens is 222 g/mol. The van der Waals surface area contributed by atoms with Gasteiger partial charge in [-0.2, -0.15) is 0 Å². The average Bonchev–Trinajstić information content (AvgIpc) is 2.12. The second-order valence-electron chi connectivity index (χ2n) is 4.41. The molecule has 3 nitrogen and oxygen atoms in total. The third-order valence-corrected chi connectivity index (χ3v) is 3.61. The normalized spacial score (nSPS) is 12.1. The first-order valence-electron chi connectivity index (χ1n) is 5.33. The summed E-state index contributed by atoms with van der Waals surface area (Å²) >= 11 is 0. The third kappa shape index (κ3) is 3.61. The first-order chi connectivity index (χ1) is 7.30. The maximum absolute atomic E-state index is 11.4. The minimum absolute atomic E-state index is 0.417. The van der Waals surface area contributed by atoms with Crippen LogP contribution < -0.4 is 5.32 Å². The fourth-order valence-electron chi connectivity index (χ4n) is 1.56. The van der Waals surface area contributed by atoms with Crippen LogP contribution in [-0.4, -0.2) is 20.7 Å². The van der Waals surface area contributed by atoms with Crippen molar-refractivity contribution < 1.29 is 8.42 Å². The Balaban J connectivity index is 2.92. The van der Waals surface area contributed by atoms with Gasteiger partial charge < -0.3 is 5.32 Å². The van der Waals surface area contributed by atoms with Gasteiger partial charge in [-0.3, -0.25) is 0 Å². The van der Waals surface area contributed by atoms with Crippen LogP contribution in [0, 0.1) is 6.92 Å². The van der Waals surface area contributed by atoms with Crippen molar-refractivity contribution in [3.05, 3.63) is 29.3 Å². The standard InChI is InChI=1S/C12H19NO2S/c1-9(2)13-8-11-5-6-12(10(3)7-11)16(4,14)15/h5-7,9,13H,8H2,1-4H3. The number of nitrogens with one attached hydrogen (secondary N) is 1. The topological polar surface area (TPSA) is 46.2 Å². The van der Waals surface area contributed by atoms with E-state index in [9.17, 15) is 8.42 Å². The number of rotatable bonds is 4. The molecule has 4 heteroatoms. The van der Waals surface area contributed by atoms with Crippen molar-refractivity contribution in [1.29, 1.82) is 0 Å². The van der Waals surface area contributed by atoms with E-state index in [1.165, 1.54) is 6.26 Å². The quantitative estimate of drug-likeness (QED) is 0.875. The molecule has 0 heterocycles. The molecule has 90 valence electrons. The number of aryl methyl sites for hydroxylation is 1. The third-order valence-electron chi connectivity index (χ3n) is 2.35. The van der Waals surface area contributed by atoms with Gasteiger partial charge in [-0.1, -0.05) is 26.0 Å². The molecule has 0 bridgehead atoms. The molecule has 0 atom stereocenters. The van der Waals surface area contributed by atoms with Crippen molar-refractivity contribution in [2.45, 2.75) is 38.3 Å². The van der Waals surface area contributed by atoms with Crippen LogP contribution in [0.4, 0.5) is 0 Å². The lowest BCUT2D eigenvalue weighted by molar-refractivity contribution is 0.587. The van der Waals surface area contributed by atoms with Crippen molar-refractivity contribution in [1.82, 2.24) is 5.32 Å². The molecule has 0 aliphatic carbocycles. The van der Waals surface area contributed by atoms with Crippen molar-refractivity contribution >= 4 is 9.84 Å². The van der Waals surface area contributed by atoms with E-state index >= 15 is 0 Å². The van der Waals surface area contributed by atoms with Crippen LogP contribution in [0.25, 0.3) is 0 Å². The minimum atomic E-state index is -3.10. The van der Waals surface area contributed by atoms with Crippen LogP contribution in [0.5, 0.6) is 0 Å². The molecule has 16 heavy (non-hydrogen) atoms. The van der Waals surface area contributed by atoms with Crippen LogP contribution >= 0.6 is 0 Å². The Morgan fingerprint density at radius 1 is 1.31 bits per heavy atom. The molecule has 0 fully saturated rings. The minimum Gasteiger partial charge on any atom is -0.310 e. The van der Waals surface area contributed by atoms with Gasteiger partial charge in [0.15, 0.2) is 9.84 Å². The van der Waals surface area contributed by atoms with Crippen molar-refractivity contribution in [3.63, 3.8) is 0 Å². The maximum atomic E-state index is 11.4. The summed E-state index contributed by atoms with van der Waals surface area (Å²) < 4.78 is 22.8. The summed E-state index contributed by atoms with van der Waals surface area (Å²) in [5.74, 6) is 0. The van der Waals surface area contributed by atoms with Gasteiger partial charge in [-0.05, 0) is 24.1 Å². The number of sulfone groups is 1. The van der Waals surface area contributed by atoms with Crippen LogP contribution in [0.2, 0.25) is 0 Å². The average molecular weight is 241 g/mol. The molecule has 1 aromatic rings. The van der Waals surface area contributed by atoms with Crippen LogP contribution in [0.15, 0.2) is 23.1 Å². The molecule has 0 amide bonds. The fraction of sp³-hybridized carbons (Fsp3) is 0.500. The van der Waals surface area contributed by atoms with E-state index in [4.69, 9.17) is 0 Å². The number of benzene rings is 1. The molecule has 1 rings (SSSR count). The Morgan fingerprint density at radius 2 is 1.94 bits per heavy atom. The van der Waals surface area contributed by atoms with E-state index in [-0.39, 0.29) is 0 Å². The lowest BCUT2D eigenvalue weighted by atomic mass is 10.1. The zero-order valence-electron chi connectivity index (χ0n) is 10.2. The monoisotopic (exact) mass is 241 g/mol. The Morgan fingerprint density at radius 3 is 2.38 bits per heavy atom. The SMILES string of the molecule is Cc1cc(CNC(C)C)ccc1S(C)(=O)=O. The highest BCUT2D eigenvalue weighted by Gasteiger charge is 2.10. The molecule has 1 N–H and O–H groups in total. The lowest BCUT2D eigenvalue weighted by Crippen LogP contribution is -2.21. The maximum Gasteiger partial charge on any atom is 0.175 e. The lowest BCUT2D eigenvalue weighted by Gasteiger charge is -2.10. The van der Waals surface area contributed by atoms with Gasteiger partial charge in [0.2, 0.25) is 0 Å². The van der Waals surface area contributed by atoms with E-state index in [2.05, 4.69) is 19.2 Å². The van der Waals surface area contributed by atoms with Gasteiger partial charge in [0.1, 0.15) is 0 Å². The number of hydrogen-bond acceptors (Lipinski definition) is 3. The van der Waals surface area contributed by atoms with Crippen molar-refractivity contribution in [2.75, 3.05) is 6.26 Å². The molecule has 0 aromatic heterocycles. The molecular formula is C12H19NO2S. The Labute approximate surface area is 97.8 Å². The Bertz CT molecular complexity index is 464. The van der Waals surface area contributed by atoms with Gasteiger partial charge >= 0.3 is 0 Å². The highest BCUT2D eigenvalue weighted by molar-refractivity contribution is 7.90. The summed E-state index contributed by atoms with van der Waals surface area (Å²) in [4.78, 5) is 0.417. The Kier molecular flexibility index (Phi) is 4.10. The van der Waals surface area contributed by atoms with Crippen molar-refractivity contribution in [3.8, 4) is 0 Å². The second-order valence-corrected chi connectivity index (χ2v) is 6.39. The number of hydrogen-bond donors (Lipinski definition) is 1. The molecule has 0 unspecified atom stereocenters. The van der Waals surface area contributed by atoms with E-state index < -0.39 is 9.84 Å². The second kappa shape index (κ2) is 4.97. The summed E-state index contributed by atoms with van der Waals surface area (Å²) in [6.45, 7) is 6.76. The van der Waals surface area contributed by atoms with Crippen LogP contribution in [-0.2, 0) is 16.4 Å². The highest BCUT2D eigenvalue weighted by atomic mass is 32.2. The highest BCUT2D eigenvalue weighted by Crippen LogP contribution is 2.16. The first-order valence-corrected chi connectivity index (χ1v) is 7.23. The first kappa shape index (κ1) is 13.2. The van der Waals surface area contributed by atoms with Crippen LogP contribution in [0.3, 0.4) is 0 Å². The summed E-state index contributed by atoms with van der Waals surface area (Å²) in [5.41, 5.74) is 1.92. The zero-order chi connectivity index (χ0) is 12.3. The predicted molar refractivity (Wildman–Crippen MR) is 66.3 cm³/mol. The zero-order valence-corrected chi connectivity index (χ0v) is 11.1. The van der Waals surface area contributed by atoms with Gasteiger partial charge in [0.25, 0.3) is 0 Å². The van der Waals surface area contributed by atoms with E-state index in [0.29, 0.717) is 10.9 Å². The molecule has 0 radical (unpaired) electrons. The summed E-state index contributed by atoms with van der Waals surface area (Å²) in [7, 11) is -3.10. The van der Waals surface area contributed by atoms with Crippen molar-refractivity contribution in [2.24, 2.45) is 0 Å². The summed E-state index contributed by atoms with van der Waals surface area (Å²) in [6.07, 6.45) is 1.24. The molecule has 1 aromatic carbocycles. The summed E-state index contributed by atoms with van der Waals surface area (Å²) in [5, 5.41) is 3.30. The van der Waals surface area contributed by atoms with Crippen LogP contribution in [0.1, 0.15) is 25.0 Å². The molecule has 0 aliphatic heterocycles. The van der Waals surface area contributed by atoms with E-state index in [0.717, 1.165) is 17.7 Å². The van der Waals surface area contributed by atoms with E-state index in [1.807, 2.05) is 19.1 Å². The van der Waals surface area contributed by atoms with Gasteiger partial charge in [-0.25, -0.2) is 8.42 Å². The molecule has 0 saturated heterocycles. The summed E-state index contributed by atoms with van der Waals surface area (Å²) in [6, 6.07) is 5.89. The fourth-order valence-corrected chi connectivity index (χ4v) is 2.52. The predicted octanol–water partition coefficient (Wildman–Crippen LogP) is 1.90. The smallest absolute Gasteiger partial charge is 0.175 e. The largest absolute Gasteiger partial charge is 0.310 e. The van der Waals surface area contributed by atoms with Gasteiger partial charge in [0, 0.05) is 18.8 Å². The van der Waals surface area contributed by atoms with Gasteiger partial charge in [0.05, 0.1) is 4.90 Å². The Hall–Kier alpha value is -0.870. The van der Waals surface area contributed by atoms with Gasteiger partial charge in [-0.15, -0.1) is 0 Å². The molecule has 0 aliphatic rings.